The molecule has 194 valence electrons. The fraction of sp³-hybridized carbons (Fsp3) is 0.250. The molecule has 3 aromatic carbocycles. The van der Waals surface area contributed by atoms with E-state index in [0.29, 0.717) is 40.0 Å². The van der Waals surface area contributed by atoms with Gasteiger partial charge in [-0.15, -0.1) is 0 Å². The van der Waals surface area contributed by atoms with Gasteiger partial charge in [-0.25, -0.2) is 5.43 Å². The molecule has 0 bridgehead atoms. The van der Waals surface area contributed by atoms with Crippen molar-refractivity contribution in [2.24, 2.45) is 11.0 Å². The molecule has 1 atom stereocenters. The molecule has 0 spiro atoms. The van der Waals surface area contributed by atoms with E-state index in [1.807, 2.05) is 26.0 Å². The Balaban J connectivity index is 1.59. The Labute approximate surface area is 221 Å². The molecule has 8 nitrogen and oxygen atoms in total. The average molecular weight is 524 g/mol. The summed E-state index contributed by atoms with van der Waals surface area (Å²) in [6.07, 6.45) is 1.49. The lowest BCUT2D eigenvalue weighted by molar-refractivity contribution is -0.123. The molecule has 0 heterocycles. The van der Waals surface area contributed by atoms with E-state index in [0.717, 1.165) is 5.56 Å². The summed E-state index contributed by atoms with van der Waals surface area (Å²) in [6.45, 7) is 4.04. The first-order valence-corrected chi connectivity index (χ1v) is 12.0. The van der Waals surface area contributed by atoms with Gasteiger partial charge in [-0.3, -0.25) is 9.59 Å². The van der Waals surface area contributed by atoms with Crippen molar-refractivity contribution in [1.82, 2.24) is 10.7 Å². The van der Waals surface area contributed by atoms with Gasteiger partial charge in [0.05, 0.1) is 20.4 Å². The Kier molecular flexibility index (Phi) is 9.92. The lowest BCUT2D eigenvalue weighted by Gasteiger charge is -2.20. The third-order valence-corrected chi connectivity index (χ3v) is 5.72. The van der Waals surface area contributed by atoms with E-state index in [-0.39, 0.29) is 11.8 Å². The van der Waals surface area contributed by atoms with Gasteiger partial charge in [0.15, 0.2) is 11.5 Å². The molecule has 0 aromatic heterocycles. The molecule has 2 N–H and O–H groups in total. The van der Waals surface area contributed by atoms with Crippen LogP contribution in [-0.2, 0) is 11.4 Å². The molecule has 2 amide bonds. The third kappa shape index (κ3) is 7.98. The highest BCUT2D eigenvalue weighted by molar-refractivity contribution is 6.30. The minimum Gasteiger partial charge on any atom is -0.497 e. The fourth-order valence-corrected chi connectivity index (χ4v) is 3.49. The number of carbonyl (C=O) groups excluding carboxylic acids is 2. The van der Waals surface area contributed by atoms with Crippen LogP contribution in [0.4, 0.5) is 0 Å². The van der Waals surface area contributed by atoms with E-state index in [9.17, 15) is 9.59 Å². The monoisotopic (exact) mass is 523 g/mol. The van der Waals surface area contributed by atoms with Gasteiger partial charge >= 0.3 is 0 Å². The Morgan fingerprint density at radius 2 is 1.65 bits per heavy atom. The van der Waals surface area contributed by atoms with Crippen molar-refractivity contribution >= 4 is 29.6 Å². The summed E-state index contributed by atoms with van der Waals surface area (Å²) in [6, 6.07) is 18.6. The molecule has 0 aliphatic rings. The second kappa shape index (κ2) is 13.3. The van der Waals surface area contributed by atoms with Crippen molar-refractivity contribution in [1.29, 1.82) is 0 Å². The number of hydrogen-bond donors (Lipinski definition) is 2. The molecule has 3 rings (SSSR count). The maximum absolute atomic E-state index is 12.7. The molecular weight excluding hydrogens is 494 g/mol. The number of methoxy groups -OCH3 is 2. The summed E-state index contributed by atoms with van der Waals surface area (Å²) in [5.41, 5.74) is 4.59. The van der Waals surface area contributed by atoms with Crippen LogP contribution < -0.4 is 25.0 Å². The summed E-state index contributed by atoms with van der Waals surface area (Å²) >= 11 is 5.92. The number of benzene rings is 3. The Morgan fingerprint density at radius 1 is 0.946 bits per heavy atom. The van der Waals surface area contributed by atoms with Crippen molar-refractivity contribution in [3.05, 3.63) is 88.4 Å². The number of ether oxygens (including phenoxy) is 3. The van der Waals surface area contributed by atoms with Crippen LogP contribution in [0.2, 0.25) is 5.02 Å². The van der Waals surface area contributed by atoms with Gasteiger partial charge in [0.1, 0.15) is 18.4 Å². The molecule has 9 heteroatoms. The topological polar surface area (TPSA) is 98.2 Å². The zero-order valence-corrected chi connectivity index (χ0v) is 21.9. The minimum absolute atomic E-state index is 0.158. The summed E-state index contributed by atoms with van der Waals surface area (Å²) in [4.78, 5) is 25.4. The zero-order chi connectivity index (χ0) is 26.8. The van der Waals surface area contributed by atoms with Gasteiger partial charge in [0.25, 0.3) is 11.8 Å². The summed E-state index contributed by atoms with van der Waals surface area (Å²) in [5.74, 6) is 0.787. The van der Waals surface area contributed by atoms with Crippen LogP contribution in [0.5, 0.6) is 17.2 Å². The number of carbonyl (C=O) groups is 2. The molecule has 0 saturated carbocycles. The highest BCUT2D eigenvalue weighted by atomic mass is 35.5. The van der Waals surface area contributed by atoms with Crippen molar-refractivity contribution in [2.75, 3.05) is 14.2 Å². The fourth-order valence-electron chi connectivity index (χ4n) is 3.37. The van der Waals surface area contributed by atoms with E-state index < -0.39 is 11.9 Å². The Morgan fingerprint density at radius 3 is 2.27 bits per heavy atom. The highest BCUT2D eigenvalue weighted by Gasteiger charge is 2.24. The van der Waals surface area contributed by atoms with E-state index in [4.69, 9.17) is 25.8 Å². The van der Waals surface area contributed by atoms with Crippen molar-refractivity contribution in [2.45, 2.75) is 26.5 Å². The molecule has 0 aliphatic carbocycles. The first kappa shape index (κ1) is 27.5. The molecular formula is C28H30ClN3O5. The van der Waals surface area contributed by atoms with Crippen LogP contribution in [0.25, 0.3) is 0 Å². The Bertz CT molecular complexity index is 1230. The van der Waals surface area contributed by atoms with Gasteiger partial charge in [0, 0.05) is 10.6 Å². The van der Waals surface area contributed by atoms with Crippen molar-refractivity contribution in [3.63, 3.8) is 0 Å². The highest BCUT2D eigenvalue weighted by Crippen LogP contribution is 2.28. The smallest absolute Gasteiger partial charge is 0.262 e. The van der Waals surface area contributed by atoms with Crippen LogP contribution in [0.3, 0.4) is 0 Å². The van der Waals surface area contributed by atoms with Gasteiger partial charge in [-0.2, -0.15) is 5.10 Å². The standard InChI is InChI=1S/C28H30ClN3O5/c1-18(2)26(31-27(33)21-8-12-23(35-3)13-9-21)28(34)32-30-16-20-7-14-24(25(15-20)36-4)37-17-19-5-10-22(29)11-6-19/h5-16,18,26H,17H2,1-4H3,(H,31,33)(H,32,34). The lowest BCUT2D eigenvalue weighted by Crippen LogP contribution is -2.48. The van der Waals surface area contributed by atoms with Gasteiger partial charge in [0.2, 0.25) is 0 Å². The molecule has 0 aliphatic heterocycles. The first-order valence-electron chi connectivity index (χ1n) is 11.6. The molecule has 0 radical (unpaired) electrons. The number of nitrogens with zero attached hydrogens (tertiary/aromatic N) is 1. The van der Waals surface area contributed by atoms with E-state index in [2.05, 4.69) is 15.8 Å². The van der Waals surface area contributed by atoms with Gasteiger partial charge in [-0.1, -0.05) is 37.6 Å². The Hall–Kier alpha value is -4.04. The minimum atomic E-state index is -0.773. The molecule has 0 fully saturated rings. The quantitative estimate of drug-likeness (QED) is 0.277. The zero-order valence-electron chi connectivity index (χ0n) is 21.2. The van der Waals surface area contributed by atoms with E-state index in [1.54, 1.807) is 68.8 Å². The maximum Gasteiger partial charge on any atom is 0.262 e. The summed E-state index contributed by atoms with van der Waals surface area (Å²) < 4.78 is 16.4. The van der Waals surface area contributed by atoms with Crippen LogP contribution in [-0.4, -0.2) is 38.3 Å². The van der Waals surface area contributed by atoms with Gasteiger partial charge in [-0.05, 0) is 71.6 Å². The van der Waals surface area contributed by atoms with Crippen LogP contribution in [0.15, 0.2) is 71.8 Å². The largest absolute Gasteiger partial charge is 0.497 e. The number of amides is 2. The first-order chi connectivity index (χ1) is 17.8. The second-order valence-electron chi connectivity index (χ2n) is 8.48. The normalized spacial score (nSPS) is 11.7. The van der Waals surface area contributed by atoms with E-state index in [1.165, 1.54) is 6.21 Å². The average Bonchev–Trinajstić information content (AvgIpc) is 2.91. The SMILES string of the molecule is COc1ccc(C(=O)NC(C(=O)NN=Cc2ccc(OCc3ccc(Cl)cc3)c(OC)c2)C(C)C)cc1. The predicted molar refractivity (Wildman–Crippen MR) is 144 cm³/mol. The molecule has 37 heavy (non-hydrogen) atoms. The summed E-state index contributed by atoms with van der Waals surface area (Å²) in [5, 5.41) is 7.48. The number of nitrogens with one attached hydrogen (secondary N) is 2. The second-order valence-corrected chi connectivity index (χ2v) is 8.92. The van der Waals surface area contributed by atoms with E-state index >= 15 is 0 Å². The van der Waals surface area contributed by atoms with Crippen molar-refractivity contribution < 1.29 is 23.8 Å². The number of hydrogen-bond acceptors (Lipinski definition) is 6. The molecule has 3 aromatic rings. The van der Waals surface area contributed by atoms with Crippen LogP contribution in [0, 0.1) is 5.92 Å². The summed E-state index contributed by atoms with van der Waals surface area (Å²) in [7, 11) is 3.10. The molecule has 0 saturated heterocycles. The van der Waals surface area contributed by atoms with Gasteiger partial charge < -0.3 is 19.5 Å². The van der Waals surface area contributed by atoms with Crippen LogP contribution >= 0.6 is 11.6 Å². The number of halogens is 1. The maximum atomic E-state index is 12.7. The number of hydrazone groups is 1. The predicted octanol–water partition coefficient (Wildman–Crippen LogP) is 4.84. The molecule has 1 unspecified atom stereocenters. The third-order valence-electron chi connectivity index (χ3n) is 5.47. The number of rotatable bonds is 11. The van der Waals surface area contributed by atoms with Crippen LogP contribution in [0.1, 0.15) is 35.3 Å². The van der Waals surface area contributed by atoms with Crippen molar-refractivity contribution in [3.8, 4) is 17.2 Å². The lowest BCUT2D eigenvalue weighted by atomic mass is 10.0.